The van der Waals surface area contributed by atoms with Crippen molar-refractivity contribution in [3.05, 3.63) is 39.7 Å². The van der Waals surface area contributed by atoms with Gasteiger partial charge in [-0.1, -0.05) is 0 Å². The number of carbonyl (C=O) groups excluding carboxylic acids is 3. The van der Waals surface area contributed by atoms with Crippen LogP contribution in [0.1, 0.15) is 34.3 Å². The number of Topliss-reactive ketones (excluding diaryl/α,β-unsaturated/α-hetero) is 2. The molecule has 1 fully saturated rings. The molecule has 3 atom stereocenters. The van der Waals surface area contributed by atoms with Gasteiger partial charge in [0.15, 0.2) is 11.6 Å². The molecule has 168 valence electrons. The van der Waals surface area contributed by atoms with Gasteiger partial charge < -0.3 is 31.1 Å². The highest BCUT2D eigenvalue weighted by molar-refractivity contribution is 6.21. The van der Waals surface area contributed by atoms with Crippen LogP contribution < -0.4 is 10.6 Å². The predicted octanol–water partition coefficient (Wildman–Crippen LogP) is 1.07. The number of aliphatic hydroxyl groups is 2. The molecule has 0 heterocycles. The number of hydrogen-bond donors (Lipinski definition) is 5. The topological polar surface area (TPSA) is 178 Å². The largest absolute Gasteiger partial charge is 0.511 e. The van der Waals surface area contributed by atoms with Gasteiger partial charge in [-0.15, -0.1) is 0 Å². The van der Waals surface area contributed by atoms with Crippen molar-refractivity contribution in [1.29, 1.82) is 0 Å². The number of aromatic hydroxyl groups is 1. The summed E-state index contributed by atoms with van der Waals surface area (Å²) < 4.78 is 0. The van der Waals surface area contributed by atoms with E-state index in [4.69, 9.17) is 5.73 Å². The molecule has 10 nitrogen and oxygen atoms in total. The highest BCUT2D eigenvalue weighted by Crippen LogP contribution is 2.52. The molecule has 1 aromatic rings. The third kappa shape index (κ3) is 2.86. The first-order valence-corrected chi connectivity index (χ1v) is 9.98. The van der Waals surface area contributed by atoms with Crippen molar-refractivity contribution in [2.45, 2.75) is 19.3 Å². The maximum Gasteiger partial charge on any atom is 0.339 e. The van der Waals surface area contributed by atoms with Crippen LogP contribution in [0.2, 0.25) is 0 Å². The van der Waals surface area contributed by atoms with E-state index in [-0.39, 0.29) is 30.4 Å². The van der Waals surface area contributed by atoms with Crippen molar-refractivity contribution in [3.63, 3.8) is 0 Å². The Kier molecular flexibility index (Phi) is 4.76. The lowest BCUT2D eigenvalue weighted by molar-refractivity contribution is -0.127. The Morgan fingerprint density at radius 3 is 2.34 bits per heavy atom. The number of primary amides is 1. The van der Waals surface area contributed by atoms with Crippen molar-refractivity contribution in [2.75, 3.05) is 19.0 Å². The van der Waals surface area contributed by atoms with E-state index in [9.17, 15) is 39.6 Å². The van der Waals surface area contributed by atoms with Crippen LogP contribution in [0.4, 0.5) is 5.69 Å². The average molecular weight is 442 g/mol. The quantitative estimate of drug-likeness (QED) is 0.428. The lowest BCUT2D eigenvalue weighted by Gasteiger charge is -2.41. The fourth-order valence-corrected chi connectivity index (χ4v) is 5.25. The number of nitrogens with zero attached hydrogens (tertiary/aromatic N) is 1. The number of nitrogens with two attached hydrogens (primary N) is 1. The van der Waals surface area contributed by atoms with Gasteiger partial charge in [-0.25, -0.2) is 4.79 Å². The summed E-state index contributed by atoms with van der Waals surface area (Å²) >= 11 is 0. The second-order valence-electron chi connectivity index (χ2n) is 8.60. The fraction of sp³-hybridized carbons (Fsp3) is 0.364. The van der Waals surface area contributed by atoms with E-state index >= 15 is 0 Å². The van der Waals surface area contributed by atoms with Crippen molar-refractivity contribution in [3.8, 4) is 5.75 Å². The zero-order valence-electron chi connectivity index (χ0n) is 17.4. The number of rotatable bonds is 3. The highest BCUT2D eigenvalue weighted by atomic mass is 16.4. The van der Waals surface area contributed by atoms with Crippen LogP contribution in [0.3, 0.4) is 0 Å². The minimum atomic E-state index is -1.40. The first-order chi connectivity index (χ1) is 15.0. The Bertz CT molecular complexity index is 1180. The summed E-state index contributed by atoms with van der Waals surface area (Å²) in [5.74, 6) is -8.07. The Morgan fingerprint density at radius 1 is 1.12 bits per heavy atom. The molecule has 0 aromatic heterocycles. The van der Waals surface area contributed by atoms with Gasteiger partial charge in [0.2, 0.25) is 0 Å². The van der Waals surface area contributed by atoms with E-state index in [1.807, 2.05) is 0 Å². The maximum absolute atomic E-state index is 13.4. The highest BCUT2D eigenvalue weighted by Gasteiger charge is 2.51. The third-order valence-electron chi connectivity index (χ3n) is 6.58. The van der Waals surface area contributed by atoms with Crippen molar-refractivity contribution in [2.24, 2.45) is 23.5 Å². The van der Waals surface area contributed by atoms with Gasteiger partial charge in [0.1, 0.15) is 28.4 Å². The number of carboxylic acids is 1. The molecule has 32 heavy (non-hydrogen) atoms. The minimum absolute atomic E-state index is 0.0639. The molecule has 1 saturated carbocycles. The SMILES string of the molecule is CN(C)c1cc(C(=O)O)c(O)c2c1CC1CC3CC(=O)C(C(N)=O)=C(O)C3C(=O)C1=C2O. The Balaban J connectivity index is 1.94. The molecule has 6 N–H and O–H groups in total. The van der Waals surface area contributed by atoms with Crippen LogP contribution in [-0.2, 0) is 20.8 Å². The number of hydrogen-bond acceptors (Lipinski definition) is 8. The van der Waals surface area contributed by atoms with E-state index in [1.165, 1.54) is 6.07 Å². The second-order valence-corrected chi connectivity index (χ2v) is 8.60. The van der Waals surface area contributed by atoms with Crippen LogP contribution in [-0.4, -0.2) is 58.0 Å². The summed E-state index contributed by atoms with van der Waals surface area (Å²) in [5, 5.41) is 41.7. The van der Waals surface area contributed by atoms with Gasteiger partial charge in [-0.05, 0) is 36.3 Å². The summed E-state index contributed by atoms with van der Waals surface area (Å²) in [4.78, 5) is 50.6. The number of ketones is 2. The molecule has 10 heteroatoms. The molecule has 0 bridgehead atoms. The molecule has 3 aliphatic rings. The summed E-state index contributed by atoms with van der Waals surface area (Å²) in [6.07, 6.45) is 0.345. The average Bonchev–Trinajstić information content (AvgIpc) is 2.66. The van der Waals surface area contributed by atoms with Crippen molar-refractivity contribution in [1.82, 2.24) is 0 Å². The predicted molar refractivity (Wildman–Crippen MR) is 111 cm³/mol. The summed E-state index contributed by atoms with van der Waals surface area (Å²) in [5.41, 5.74) is 4.91. The minimum Gasteiger partial charge on any atom is -0.511 e. The van der Waals surface area contributed by atoms with Gasteiger partial charge >= 0.3 is 5.97 Å². The number of carboxylic acid groups (broad SMARTS) is 1. The summed E-state index contributed by atoms with van der Waals surface area (Å²) in [6, 6.07) is 1.31. The number of fused-ring (bicyclic) bond motifs is 3. The summed E-state index contributed by atoms with van der Waals surface area (Å²) in [6.45, 7) is 0. The van der Waals surface area contributed by atoms with E-state index in [0.717, 1.165) is 0 Å². The molecule has 0 aliphatic heterocycles. The van der Waals surface area contributed by atoms with E-state index in [2.05, 4.69) is 0 Å². The Morgan fingerprint density at radius 2 is 1.78 bits per heavy atom. The number of aliphatic hydroxyl groups excluding tert-OH is 2. The van der Waals surface area contributed by atoms with Crippen LogP contribution in [0, 0.1) is 17.8 Å². The summed E-state index contributed by atoms with van der Waals surface area (Å²) in [7, 11) is 3.37. The van der Waals surface area contributed by atoms with Gasteiger partial charge in [-0.3, -0.25) is 14.4 Å². The molecule has 0 radical (unpaired) electrons. The van der Waals surface area contributed by atoms with Gasteiger partial charge in [-0.2, -0.15) is 0 Å². The third-order valence-corrected chi connectivity index (χ3v) is 6.58. The number of benzene rings is 1. The number of aromatic carboxylic acids is 1. The number of amides is 1. The van der Waals surface area contributed by atoms with E-state index < -0.39 is 69.6 Å². The molecule has 0 saturated heterocycles. The lowest BCUT2D eigenvalue weighted by atomic mass is 9.61. The smallest absolute Gasteiger partial charge is 0.339 e. The van der Waals surface area contributed by atoms with Crippen LogP contribution in [0.25, 0.3) is 5.76 Å². The lowest BCUT2D eigenvalue weighted by Crippen LogP contribution is -2.44. The molecule has 0 spiro atoms. The monoisotopic (exact) mass is 442 g/mol. The van der Waals surface area contributed by atoms with Crippen LogP contribution >= 0.6 is 0 Å². The van der Waals surface area contributed by atoms with Gasteiger partial charge in [0, 0.05) is 31.8 Å². The zero-order valence-corrected chi connectivity index (χ0v) is 17.4. The standard InChI is InChI=1S/C22H22N2O8/c1-24(2)11-6-10(22(31)32)17(26)15-9(11)4-7-3-8-5-12(25)16(21(23)30)20(29)14(8)18(27)13(7)19(15)28/h6-8,14,26,28-29H,3-5H2,1-2H3,(H2,23,30)(H,31,32). The molecular weight excluding hydrogens is 420 g/mol. The van der Waals surface area contributed by atoms with Gasteiger partial charge in [0.05, 0.1) is 11.5 Å². The van der Waals surface area contributed by atoms with Crippen LogP contribution in [0.15, 0.2) is 23.0 Å². The first-order valence-electron chi connectivity index (χ1n) is 9.98. The number of carbonyl (C=O) groups is 4. The fourth-order valence-electron chi connectivity index (χ4n) is 5.25. The van der Waals surface area contributed by atoms with E-state index in [1.54, 1.807) is 19.0 Å². The number of allylic oxidation sites excluding steroid dienone is 2. The molecule has 4 rings (SSSR count). The normalized spacial score (nSPS) is 24.6. The van der Waals surface area contributed by atoms with Gasteiger partial charge in [0.25, 0.3) is 5.91 Å². The van der Waals surface area contributed by atoms with Crippen LogP contribution in [0.5, 0.6) is 5.75 Å². The maximum atomic E-state index is 13.4. The molecule has 1 amide bonds. The second kappa shape index (κ2) is 7.11. The number of anilines is 1. The molecular formula is C22H22N2O8. The molecule has 3 aliphatic carbocycles. The first kappa shape index (κ1) is 21.4. The molecule has 1 aromatic carbocycles. The number of phenols is 1. The van der Waals surface area contributed by atoms with Crippen molar-refractivity contribution < 1.29 is 39.6 Å². The molecule has 3 unspecified atom stereocenters. The Labute approximate surface area is 182 Å². The van der Waals surface area contributed by atoms with Crippen molar-refractivity contribution >= 4 is 34.9 Å². The van der Waals surface area contributed by atoms with E-state index in [0.29, 0.717) is 11.3 Å². The Hall–Kier alpha value is -3.82. The zero-order chi connectivity index (χ0) is 23.6.